The van der Waals surface area contributed by atoms with E-state index in [9.17, 15) is 9.59 Å². The van der Waals surface area contributed by atoms with Gasteiger partial charge in [0, 0.05) is 38.0 Å². The number of carbonyl (C=O) groups is 2. The molecule has 7 heteroatoms. The number of aliphatic hydroxyl groups excluding tert-OH is 1. The SMILES string of the molecule is CC(C)N1C[C@H](CNC(=O)N(CCO)Cc2ccco2)CC1=O. The highest BCUT2D eigenvalue weighted by Gasteiger charge is 2.31. The van der Waals surface area contributed by atoms with Crippen molar-refractivity contribution in [3.63, 3.8) is 0 Å². The molecule has 0 spiro atoms. The van der Waals surface area contributed by atoms with Crippen LogP contribution in [0.15, 0.2) is 22.8 Å². The highest BCUT2D eigenvalue weighted by Crippen LogP contribution is 2.19. The summed E-state index contributed by atoms with van der Waals surface area (Å²) in [6.45, 7) is 5.53. The molecule has 1 saturated heterocycles. The Kier molecular flexibility index (Phi) is 6.04. The van der Waals surface area contributed by atoms with E-state index in [0.717, 1.165) is 0 Å². The number of amides is 3. The molecule has 0 radical (unpaired) electrons. The molecule has 23 heavy (non-hydrogen) atoms. The van der Waals surface area contributed by atoms with E-state index in [-0.39, 0.29) is 37.0 Å². The topological polar surface area (TPSA) is 86.0 Å². The van der Waals surface area contributed by atoms with Gasteiger partial charge in [-0.2, -0.15) is 0 Å². The largest absolute Gasteiger partial charge is 0.467 e. The number of furan rings is 1. The molecule has 128 valence electrons. The number of likely N-dealkylation sites (tertiary alicyclic amines) is 1. The summed E-state index contributed by atoms with van der Waals surface area (Å²) in [7, 11) is 0. The fourth-order valence-electron chi connectivity index (χ4n) is 2.75. The van der Waals surface area contributed by atoms with E-state index in [1.807, 2.05) is 18.7 Å². The predicted octanol–water partition coefficient (Wildman–Crippen LogP) is 1.04. The molecule has 1 aromatic rings. The number of hydrogen-bond acceptors (Lipinski definition) is 4. The summed E-state index contributed by atoms with van der Waals surface area (Å²) >= 11 is 0. The average Bonchev–Trinajstić information content (AvgIpc) is 3.13. The van der Waals surface area contributed by atoms with Gasteiger partial charge in [0.05, 0.1) is 19.4 Å². The lowest BCUT2D eigenvalue weighted by molar-refractivity contribution is -0.129. The third-order valence-corrected chi connectivity index (χ3v) is 3.99. The lowest BCUT2D eigenvalue weighted by Crippen LogP contribution is -2.43. The van der Waals surface area contributed by atoms with Gasteiger partial charge in [0.15, 0.2) is 0 Å². The van der Waals surface area contributed by atoms with Crippen LogP contribution in [0.1, 0.15) is 26.0 Å². The first-order valence-corrected chi connectivity index (χ1v) is 7.96. The summed E-state index contributed by atoms with van der Waals surface area (Å²) in [6.07, 6.45) is 2.02. The van der Waals surface area contributed by atoms with Crippen molar-refractivity contribution in [3.8, 4) is 0 Å². The summed E-state index contributed by atoms with van der Waals surface area (Å²) in [5.74, 6) is 0.936. The van der Waals surface area contributed by atoms with Gasteiger partial charge >= 0.3 is 6.03 Å². The van der Waals surface area contributed by atoms with Crippen LogP contribution in [0.25, 0.3) is 0 Å². The molecule has 0 aliphatic carbocycles. The minimum atomic E-state index is -0.258. The zero-order valence-electron chi connectivity index (χ0n) is 13.7. The number of hydrogen-bond donors (Lipinski definition) is 2. The Morgan fingerprint density at radius 1 is 1.57 bits per heavy atom. The average molecular weight is 323 g/mol. The number of urea groups is 1. The van der Waals surface area contributed by atoms with Gasteiger partial charge in [-0.3, -0.25) is 4.79 Å². The maximum Gasteiger partial charge on any atom is 0.317 e. The third-order valence-electron chi connectivity index (χ3n) is 3.99. The van der Waals surface area contributed by atoms with E-state index in [1.165, 1.54) is 4.90 Å². The Bertz CT molecular complexity index is 515. The Morgan fingerprint density at radius 3 is 2.91 bits per heavy atom. The minimum absolute atomic E-state index is 0.114. The number of nitrogens with one attached hydrogen (secondary N) is 1. The second-order valence-corrected chi connectivity index (χ2v) is 6.12. The van der Waals surface area contributed by atoms with Crippen molar-refractivity contribution < 1.29 is 19.1 Å². The maximum atomic E-state index is 12.3. The fourth-order valence-corrected chi connectivity index (χ4v) is 2.75. The van der Waals surface area contributed by atoms with Crippen molar-refractivity contribution in [1.29, 1.82) is 0 Å². The van der Waals surface area contributed by atoms with E-state index >= 15 is 0 Å². The first-order chi connectivity index (χ1) is 11.0. The van der Waals surface area contributed by atoms with Crippen molar-refractivity contribution in [2.75, 3.05) is 26.2 Å². The molecule has 2 heterocycles. The van der Waals surface area contributed by atoms with Crippen molar-refractivity contribution in [1.82, 2.24) is 15.1 Å². The second-order valence-electron chi connectivity index (χ2n) is 6.12. The van der Waals surface area contributed by atoms with Gasteiger partial charge in [0.2, 0.25) is 5.91 Å². The van der Waals surface area contributed by atoms with Gasteiger partial charge in [-0.1, -0.05) is 0 Å². The first kappa shape index (κ1) is 17.3. The normalized spacial score (nSPS) is 17.8. The third kappa shape index (κ3) is 4.72. The van der Waals surface area contributed by atoms with Crippen molar-refractivity contribution >= 4 is 11.9 Å². The molecule has 0 aromatic carbocycles. The molecule has 7 nitrogen and oxygen atoms in total. The van der Waals surface area contributed by atoms with Crippen LogP contribution in [0.3, 0.4) is 0 Å². The van der Waals surface area contributed by atoms with Crippen molar-refractivity contribution in [3.05, 3.63) is 24.2 Å². The van der Waals surface area contributed by atoms with Crippen LogP contribution < -0.4 is 5.32 Å². The summed E-state index contributed by atoms with van der Waals surface area (Å²) in [4.78, 5) is 27.5. The summed E-state index contributed by atoms with van der Waals surface area (Å²) in [5.41, 5.74) is 0. The van der Waals surface area contributed by atoms with Crippen LogP contribution in [-0.4, -0.2) is 59.1 Å². The maximum absolute atomic E-state index is 12.3. The van der Waals surface area contributed by atoms with Gasteiger partial charge in [-0.25, -0.2) is 4.79 Å². The van der Waals surface area contributed by atoms with Crippen molar-refractivity contribution in [2.45, 2.75) is 32.9 Å². The van der Waals surface area contributed by atoms with Gasteiger partial charge < -0.3 is 24.6 Å². The lowest BCUT2D eigenvalue weighted by atomic mass is 10.1. The molecular formula is C16H25N3O4. The van der Waals surface area contributed by atoms with Crippen LogP contribution in [0, 0.1) is 5.92 Å². The molecule has 1 aliphatic heterocycles. The second kappa shape index (κ2) is 8.01. The van der Waals surface area contributed by atoms with Crippen molar-refractivity contribution in [2.24, 2.45) is 5.92 Å². The number of aliphatic hydroxyl groups is 1. The molecule has 0 saturated carbocycles. The van der Waals surface area contributed by atoms with E-state index in [4.69, 9.17) is 9.52 Å². The standard InChI is InChI=1S/C16H25N3O4/c1-12(2)19-10-13(8-15(19)21)9-17-16(22)18(5-6-20)11-14-4-3-7-23-14/h3-4,7,12-13,20H,5-6,8-11H2,1-2H3,(H,17,22)/t13-/m0/s1. The first-order valence-electron chi connectivity index (χ1n) is 7.96. The minimum Gasteiger partial charge on any atom is -0.467 e. The van der Waals surface area contributed by atoms with Gasteiger partial charge in [0.25, 0.3) is 0 Å². The monoisotopic (exact) mass is 323 g/mol. The smallest absolute Gasteiger partial charge is 0.317 e. The highest BCUT2D eigenvalue weighted by molar-refractivity contribution is 5.79. The summed E-state index contributed by atoms with van der Waals surface area (Å²) in [5, 5.41) is 12.0. The molecule has 0 unspecified atom stereocenters. The quantitative estimate of drug-likeness (QED) is 0.785. The van der Waals surface area contributed by atoms with E-state index < -0.39 is 0 Å². The molecule has 1 fully saturated rings. The number of rotatable bonds is 7. The summed E-state index contributed by atoms with van der Waals surface area (Å²) < 4.78 is 5.24. The molecule has 1 aliphatic rings. The van der Waals surface area contributed by atoms with Crippen LogP contribution in [0.5, 0.6) is 0 Å². The van der Waals surface area contributed by atoms with Gasteiger partial charge in [-0.15, -0.1) is 0 Å². The molecule has 1 aromatic heterocycles. The van der Waals surface area contributed by atoms with E-state index in [1.54, 1.807) is 18.4 Å². The molecule has 3 amide bonds. The molecule has 0 bridgehead atoms. The molecule has 1 atom stereocenters. The Labute approximate surface area is 136 Å². The van der Waals surface area contributed by atoms with Crippen LogP contribution in [-0.2, 0) is 11.3 Å². The lowest BCUT2D eigenvalue weighted by Gasteiger charge is -2.23. The van der Waals surface area contributed by atoms with Gasteiger partial charge in [-0.05, 0) is 26.0 Å². The van der Waals surface area contributed by atoms with Crippen LogP contribution in [0.2, 0.25) is 0 Å². The highest BCUT2D eigenvalue weighted by atomic mass is 16.3. The number of carbonyl (C=O) groups excluding carboxylic acids is 2. The Balaban J connectivity index is 1.83. The van der Waals surface area contributed by atoms with Crippen LogP contribution >= 0.6 is 0 Å². The number of nitrogens with zero attached hydrogens (tertiary/aromatic N) is 2. The fraction of sp³-hybridized carbons (Fsp3) is 0.625. The molecular weight excluding hydrogens is 298 g/mol. The van der Waals surface area contributed by atoms with Gasteiger partial charge in [0.1, 0.15) is 5.76 Å². The summed E-state index contributed by atoms with van der Waals surface area (Å²) in [6, 6.07) is 3.47. The molecule has 2 N–H and O–H groups in total. The van der Waals surface area contributed by atoms with Crippen LogP contribution in [0.4, 0.5) is 4.79 Å². The Morgan fingerprint density at radius 2 is 2.35 bits per heavy atom. The zero-order valence-corrected chi connectivity index (χ0v) is 13.7. The Hall–Kier alpha value is -2.02. The zero-order chi connectivity index (χ0) is 16.8. The molecule has 2 rings (SSSR count). The predicted molar refractivity (Wildman–Crippen MR) is 84.6 cm³/mol. The van der Waals surface area contributed by atoms with E-state index in [2.05, 4.69) is 5.32 Å². The van der Waals surface area contributed by atoms with E-state index in [0.29, 0.717) is 31.8 Å².